The summed E-state index contributed by atoms with van der Waals surface area (Å²) in [5.41, 5.74) is -4.46. The van der Waals surface area contributed by atoms with Gasteiger partial charge >= 0.3 is 0 Å². The van der Waals surface area contributed by atoms with Crippen LogP contribution < -0.4 is 0 Å². The normalized spacial score (nSPS) is 45.9. The topological polar surface area (TPSA) is 0 Å². The highest BCUT2D eigenvalue weighted by Crippen LogP contribution is 2.53. The molecular weight excluding hydrogens is 168 g/mol. The lowest BCUT2D eigenvalue weighted by molar-refractivity contribution is 0.0323. The fraction of sp³-hybridized carbons (Fsp3) is 1.00. The lowest BCUT2D eigenvalue weighted by Gasteiger charge is -2.12. The van der Waals surface area contributed by atoms with Gasteiger partial charge in [-0.25, -0.2) is 8.78 Å². The van der Waals surface area contributed by atoms with Crippen LogP contribution in [0.3, 0.4) is 0 Å². The molecule has 60 valence electrons. The van der Waals surface area contributed by atoms with Gasteiger partial charge in [-0.05, 0) is 18.7 Å². The fourth-order valence-corrected chi connectivity index (χ4v) is 1.80. The zero-order valence-electron chi connectivity index (χ0n) is 5.20. The second-order valence-electron chi connectivity index (χ2n) is 2.53. The highest BCUT2D eigenvalue weighted by Gasteiger charge is 2.56. The Morgan fingerprint density at radius 3 is 2.00 bits per heavy atom. The van der Waals surface area contributed by atoms with Gasteiger partial charge in [-0.15, -0.1) is 0 Å². The molecule has 0 aromatic heterocycles. The number of rotatable bonds is 0. The second kappa shape index (κ2) is 2.03. The van der Waals surface area contributed by atoms with Crippen LogP contribution in [-0.2, 0) is 0 Å². The van der Waals surface area contributed by atoms with Crippen molar-refractivity contribution in [3.05, 3.63) is 0 Å². The molecule has 2 atom stereocenters. The molecule has 0 spiro atoms. The summed E-state index contributed by atoms with van der Waals surface area (Å²) in [7, 11) is 0. The van der Waals surface area contributed by atoms with E-state index in [4.69, 9.17) is 0 Å². The Kier molecular flexibility index (Phi) is 1.66. The Bertz CT molecular complexity index is 145. The SMILES string of the molecule is CC1(F)CC(F)(F)SC1F. The zero-order chi connectivity index (χ0) is 7.99. The summed E-state index contributed by atoms with van der Waals surface area (Å²) >= 11 is -0.245. The molecule has 0 amide bonds. The maximum absolute atomic E-state index is 12.6. The molecule has 1 heterocycles. The predicted octanol–water partition coefficient (Wildman–Crippen LogP) is 2.74. The van der Waals surface area contributed by atoms with Crippen LogP contribution in [0.2, 0.25) is 0 Å². The van der Waals surface area contributed by atoms with Gasteiger partial charge in [0, 0.05) is 0 Å². The van der Waals surface area contributed by atoms with Crippen LogP contribution >= 0.6 is 11.8 Å². The van der Waals surface area contributed by atoms with Gasteiger partial charge in [-0.1, -0.05) is 0 Å². The van der Waals surface area contributed by atoms with Crippen molar-refractivity contribution in [2.24, 2.45) is 0 Å². The van der Waals surface area contributed by atoms with Crippen LogP contribution in [0.25, 0.3) is 0 Å². The van der Waals surface area contributed by atoms with Crippen molar-refractivity contribution in [3.63, 3.8) is 0 Å². The molecule has 1 aliphatic rings. The van der Waals surface area contributed by atoms with Gasteiger partial charge in [-0.3, -0.25) is 0 Å². The summed E-state index contributed by atoms with van der Waals surface area (Å²) in [5, 5.41) is -3.23. The summed E-state index contributed by atoms with van der Waals surface area (Å²) in [6.45, 7) is 0.853. The molecule has 10 heavy (non-hydrogen) atoms. The minimum Gasteiger partial charge on any atom is -0.240 e. The molecule has 0 bridgehead atoms. The highest BCUT2D eigenvalue weighted by molar-refractivity contribution is 8.01. The van der Waals surface area contributed by atoms with Gasteiger partial charge in [0.1, 0.15) is 0 Å². The van der Waals surface area contributed by atoms with E-state index >= 15 is 0 Å². The summed E-state index contributed by atoms with van der Waals surface area (Å²) in [5.74, 6) is 0. The number of hydrogen-bond acceptors (Lipinski definition) is 1. The van der Waals surface area contributed by atoms with Crippen molar-refractivity contribution in [1.29, 1.82) is 0 Å². The van der Waals surface area contributed by atoms with Gasteiger partial charge < -0.3 is 0 Å². The first kappa shape index (κ1) is 8.17. The quantitative estimate of drug-likeness (QED) is 0.509. The van der Waals surface area contributed by atoms with E-state index in [-0.39, 0.29) is 11.8 Å². The number of thioether (sulfide) groups is 1. The van der Waals surface area contributed by atoms with Crippen LogP contribution in [0.15, 0.2) is 0 Å². The first-order chi connectivity index (χ1) is 4.33. The first-order valence-electron chi connectivity index (χ1n) is 2.72. The monoisotopic (exact) mass is 174 g/mol. The minimum atomic E-state index is -3.23. The molecule has 0 aromatic carbocycles. The number of halogens is 4. The molecule has 1 saturated heterocycles. The summed E-state index contributed by atoms with van der Waals surface area (Å²) in [6, 6.07) is 0. The predicted molar refractivity (Wildman–Crippen MR) is 31.6 cm³/mol. The Morgan fingerprint density at radius 2 is 1.90 bits per heavy atom. The average molecular weight is 174 g/mol. The highest BCUT2D eigenvalue weighted by atomic mass is 32.2. The van der Waals surface area contributed by atoms with E-state index in [2.05, 4.69) is 0 Å². The van der Waals surface area contributed by atoms with Gasteiger partial charge in [0.05, 0.1) is 6.42 Å². The molecule has 2 unspecified atom stereocenters. The maximum Gasteiger partial charge on any atom is 0.299 e. The van der Waals surface area contributed by atoms with Crippen molar-refractivity contribution in [3.8, 4) is 0 Å². The van der Waals surface area contributed by atoms with E-state index in [1.807, 2.05) is 0 Å². The smallest absolute Gasteiger partial charge is 0.240 e. The van der Waals surface area contributed by atoms with Crippen molar-refractivity contribution in [1.82, 2.24) is 0 Å². The van der Waals surface area contributed by atoms with Crippen molar-refractivity contribution in [2.75, 3.05) is 0 Å². The van der Waals surface area contributed by atoms with E-state index in [1.165, 1.54) is 0 Å². The first-order valence-corrected chi connectivity index (χ1v) is 3.60. The van der Waals surface area contributed by atoms with Gasteiger partial charge in [0.25, 0.3) is 5.25 Å². The van der Waals surface area contributed by atoms with Crippen molar-refractivity contribution >= 4 is 11.8 Å². The third kappa shape index (κ3) is 1.38. The van der Waals surface area contributed by atoms with Gasteiger partial charge in [0.2, 0.25) is 0 Å². The summed E-state index contributed by atoms with van der Waals surface area (Å²) < 4.78 is 49.3. The molecule has 0 N–H and O–H groups in total. The number of hydrogen-bond donors (Lipinski definition) is 0. The molecule has 0 aromatic rings. The molecule has 0 aliphatic carbocycles. The zero-order valence-corrected chi connectivity index (χ0v) is 6.02. The Hall–Kier alpha value is 0.0700. The Labute approximate surface area is 60.0 Å². The van der Waals surface area contributed by atoms with E-state index in [1.54, 1.807) is 0 Å². The van der Waals surface area contributed by atoms with Crippen molar-refractivity contribution in [2.45, 2.75) is 29.8 Å². The average Bonchev–Trinajstić information content (AvgIpc) is 1.73. The summed E-state index contributed by atoms with van der Waals surface area (Å²) in [4.78, 5) is 0. The third-order valence-corrected chi connectivity index (χ3v) is 2.49. The van der Waals surface area contributed by atoms with E-state index in [9.17, 15) is 17.6 Å². The van der Waals surface area contributed by atoms with E-state index in [0.717, 1.165) is 6.92 Å². The van der Waals surface area contributed by atoms with Crippen molar-refractivity contribution < 1.29 is 17.6 Å². The van der Waals surface area contributed by atoms with Gasteiger partial charge in [0.15, 0.2) is 11.2 Å². The Balaban J connectivity index is 2.71. The lowest BCUT2D eigenvalue weighted by atomic mass is 10.1. The fourth-order valence-electron chi connectivity index (χ4n) is 0.799. The molecular formula is C5H6F4S. The van der Waals surface area contributed by atoms with E-state index in [0.29, 0.717) is 0 Å². The molecule has 0 saturated carbocycles. The minimum absolute atomic E-state index is 0.245. The van der Waals surface area contributed by atoms with Crippen LogP contribution in [0, 0.1) is 0 Å². The molecule has 0 nitrogen and oxygen atoms in total. The second-order valence-corrected chi connectivity index (χ2v) is 3.77. The maximum atomic E-state index is 12.6. The van der Waals surface area contributed by atoms with E-state index < -0.39 is 22.8 Å². The molecule has 0 radical (unpaired) electrons. The number of alkyl halides is 4. The Morgan fingerprint density at radius 1 is 1.40 bits per heavy atom. The molecule has 1 rings (SSSR count). The largest absolute Gasteiger partial charge is 0.299 e. The lowest BCUT2D eigenvalue weighted by Crippen LogP contribution is -2.24. The summed E-state index contributed by atoms with van der Waals surface area (Å²) in [6.07, 6.45) is -1.02. The molecule has 1 aliphatic heterocycles. The van der Waals surface area contributed by atoms with Crippen LogP contribution in [0.1, 0.15) is 13.3 Å². The molecule has 5 heteroatoms. The van der Waals surface area contributed by atoms with Crippen LogP contribution in [0.4, 0.5) is 17.6 Å². The molecule has 1 fully saturated rings. The van der Waals surface area contributed by atoms with Crippen LogP contribution in [0.5, 0.6) is 0 Å². The van der Waals surface area contributed by atoms with Gasteiger partial charge in [-0.2, -0.15) is 8.78 Å². The third-order valence-electron chi connectivity index (χ3n) is 1.30. The van der Waals surface area contributed by atoms with Crippen LogP contribution in [-0.4, -0.2) is 16.4 Å². The standard InChI is InChI=1S/C5H6F4S/c1-4(7)2-5(8,9)10-3(4)6/h3H,2H2,1H3.